The van der Waals surface area contributed by atoms with Crippen LogP contribution >= 0.6 is 0 Å². The first-order chi connectivity index (χ1) is 13.4. The topological polar surface area (TPSA) is 90.4 Å². The van der Waals surface area contributed by atoms with Crippen LogP contribution in [0, 0.1) is 10.1 Å². The zero-order valence-corrected chi connectivity index (χ0v) is 15.9. The first-order valence-corrected chi connectivity index (χ1v) is 9.07. The van der Waals surface area contributed by atoms with Gasteiger partial charge >= 0.3 is 5.69 Å². The predicted octanol–water partition coefficient (Wildman–Crippen LogP) is 2.78. The third kappa shape index (κ3) is 3.80. The van der Waals surface area contributed by atoms with E-state index in [4.69, 9.17) is 0 Å². The number of likely N-dealkylation sites (N-methyl/N-ethyl adjacent to an activating group) is 1. The van der Waals surface area contributed by atoms with E-state index in [2.05, 4.69) is 0 Å². The molecule has 0 fully saturated rings. The minimum Gasteiger partial charge on any atom is -0.340 e. The van der Waals surface area contributed by atoms with E-state index in [9.17, 15) is 19.7 Å². The lowest BCUT2D eigenvalue weighted by Gasteiger charge is -2.17. The lowest BCUT2D eigenvalue weighted by molar-refractivity contribution is -0.384. The largest absolute Gasteiger partial charge is 0.340 e. The maximum atomic E-state index is 12.8. The number of fused-ring (bicyclic) bond motifs is 1. The summed E-state index contributed by atoms with van der Waals surface area (Å²) < 4.78 is 3.17. The quantitative estimate of drug-likeness (QED) is 0.464. The number of imidazole rings is 1. The van der Waals surface area contributed by atoms with Gasteiger partial charge in [0.15, 0.2) is 0 Å². The third-order valence-corrected chi connectivity index (χ3v) is 4.63. The van der Waals surface area contributed by atoms with Crippen molar-refractivity contribution in [1.29, 1.82) is 0 Å². The number of para-hydroxylation sites is 2. The van der Waals surface area contributed by atoms with Gasteiger partial charge in [-0.3, -0.25) is 24.0 Å². The van der Waals surface area contributed by atoms with Crippen molar-refractivity contribution in [2.45, 2.75) is 33.0 Å². The van der Waals surface area contributed by atoms with E-state index >= 15 is 0 Å². The Hall–Kier alpha value is -3.42. The summed E-state index contributed by atoms with van der Waals surface area (Å²) in [5.74, 6) is -0.243. The number of nitro benzene ring substituents is 1. The average Bonchev–Trinajstić information content (AvgIpc) is 2.94. The molecule has 0 aliphatic rings. The highest BCUT2D eigenvalue weighted by Gasteiger charge is 2.17. The molecule has 0 bridgehead atoms. The van der Waals surface area contributed by atoms with Crippen LogP contribution in [0.15, 0.2) is 53.3 Å². The molecule has 0 N–H and O–H groups in total. The summed E-state index contributed by atoms with van der Waals surface area (Å²) in [6, 6.07) is 13.6. The molecular weight excluding hydrogens is 360 g/mol. The molecular formula is C20H22N4O4. The number of rotatable bonds is 7. The molecule has 0 spiro atoms. The Kier molecular flexibility index (Phi) is 5.58. The molecule has 146 valence electrons. The van der Waals surface area contributed by atoms with Gasteiger partial charge in [0.1, 0.15) is 6.54 Å². The third-order valence-electron chi connectivity index (χ3n) is 4.63. The van der Waals surface area contributed by atoms with Gasteiger partial charge in [-0.15, -0.1) is 0 Å². The summed E-state index contributed by atoms with van der Waals surface area (Å²) in [5, 5.41) is 10.9. The van der Waals surface area contributed by atoms with Crippen molar-refractivity contribution in [2.24, 2.45) is 0 Å². The van der Waals surface area contributed by atoms with Gasteiger partial charge in [-0.05, 0) is 24.1 Å². The summed E-state index contributed by atoms with van der Waals surface area (Å²) in [7, 11) is 1.62. The Bertz CT molecular complexity index is 1080. The summed E-state index contributed by atoms with van der Waals surface area (Å²) >= 11 is 0. The number of aryl methyl sites for hydroxylation is 1. The number of non-ortho nitro benzene ring substituents is 1. The highest BCUT2D eigenvalue weighted by Crippen LogP contribution is 2.16. The Morgan fingerprint density at radius 3 is 2.43 bits per heavy atom. The maximum Gasteiger partial charge on any atom is 0.329 e. The van der Waals surface area contributed by atoms with Crippen molar-refractivity contribution in [3.05, 3.63) is 74.7 Å². The summed E-state index contributed by atoms with van der Waals surface area (Å²) in [6.45, 7) is 2.73. The fourth-order valence-electron chi connectivity index (χ4n) is 3.25. The van der Waals surface area contributed by atoms with Crippen molar-refractivity contribution >= 4 is 22.6 Å². The van der Waals surface area contributed by atoms with Crippen molar-refractivity contribution in [1.82, 2.24) is 14.0 Å². The number of aromatic nitrogens is 2. The van der Waals surface area contributed by atoms with Gasteiger partial charge in [0.2, 0.25) is 5.91 Å². The molecule has 0 unspecified atom stereocenters. The van der Waals surface area contributed by atoms with Gasteiger partial charge in [0.25, 0.3) is 5.69 Å². The van der Waals surface area contributed by atoms with E-state index in [1.807, 2.05) is 31.2 Å². The van der Waals surface area contributed by atoms with E-state index in [0.717, 1.165) is 17.5 Å². The number of nitrogens with zero attached hydrogens (tertiary/aromatic N) is 4. The monoisotopic (exact) mass is 382 g/mol. The Labute approximate surface area is 161 Å². The molecule has 1 amide bonds. The molecule has 3 rings (SSSR count). The minimum absolute atomic E-state index is 0.0165. The van der Waals surface area contributed by atoms with E-state index in [-0.39, 0.29) is 30.4 Å². The van der Waals surface area contributed by atoms with Crippen LogP contribution in [0.5, 0.6) is 0 Å². The second kappa shape index (κ2) is 8.08. The van der Waals surface area contributed by atoms with Crippen LogP contribution in [0.1, 0.15) is 18.9 Å². The molecule has 1 heterocycles. The molecule has 0 aliphatic carbocycles. The van der Waals surface area contributed by atoms with Crippen molar-refractivity contribution < 1.29 is 9.72 Å². The molecule has 3 aromatic rings. The van der Waals surface area contributed by atoms with Gasteiger partial charge < -0.3 is 4.90 Å². The van der Waals surface area contributed by atoms with Gasteiger partial charge in [0.05, 0.1) is 16.0 Å². The highest BCUT2D eigenvalue weighted by atomic mass is 16.6. The number of hydrogen-bond acceptors (Lipinski definition) is 4. The zero-order chi connectivity index (χ0) is 20.3. The molecule has 8 heteroatoms. The molecule has 8 nitrogen and oxygen atoms in total. The van der Waals surface area contributed by atoms with Crippen LogP contribution in [0.3, 0.4) is 0 Å². The fourth-order valence-corrected chi connectivity index (χ4v) is 3.25. The van der Waals surface area contributed by atoms with E-state index in [1.54, 1.807) is 23.7 Å². The molecule has 2 aromatic carbocycles. The number of nitro groups is 1. The standard InChI is InChI=1S/C20H22N4O4/c1-3-11-22-17-9-4-5-10-18(17)23(20(22)26)14-19(25)21(2)13-15-7-6-8-16(12-15)24(27)28/h4-10,12H,3,11,13-14H2,1-2H3. The van der Waals surface area contributed by atoms with Gasteiger partial charge in [-0.2, -0.15) is 0 Å². The fraction of sp³-hybridized carbons (Fsp3) is 0.300. The number of hydrogen-bond donors (Lipinski definition) is 0. The highest BCUT2D eigenvalue weighted by molar-refractivity contribution is 5.81. The number of amides is 1. The predicted molar refractivity (Wildman–Crippen MR) is 106 cm³/mol. The smallest absolute Gasteiger partial charge is 0.329 e. The van der Waals surface area contributed by atoms with Gasteiger partial charge in [-0.1, -0.05) is 31.2 Å². The van der Waals surface area contributed by atoms with Crippen LogP contribution in [-0.4, -0.2) is 31.9 Å². The Morgan fingerprint density at radius 1 is 1.11 bits per heavy atom. The number of benzene rings is 2. The van der Waals surface area contributed by atoms with Gasteiger partial charge in [-0.25, -0.2) is 4.79 Å². The van der Waals surface area contributed by atoms with Crippen molar-refractivity contribution in [2.75, 3.05) is 7.05 Å². The Morgan fingerprint density at radius 2 is 1.79 bits per heavy atom. The zero-order valence-electron chi connectivity index (χ0n) is 15.9. The van der Waals surface area contributed by atoms with Crippen LogP contribution in [0.2, 0.25) is 0 Å². The summed E-state index contributed by atoms with van der Waals surface area (Å²) in [6.07, 6.45) is 0.814. The maximum absolute atomic E-state index is 12.8. The normalized spacial score (nSPS) is 10.9. The SMILES string of the molecule is CCCn1c(=O)n(CC(=O)N(C)Cc2cccc([N+](=O)[O-])c2)c2ccccc21. The van der Waals surface area contributed by atoms with Crippen molar-refractivity contribution in [3.8, 4) is 0 Å². The van der Waals surface area contributed by atoms with E-state index in [0.29, 0.717) is 12.1 Å². The minimum atomic E-state index is -0.465. The van der Waals surface area contributed by atoms with Crippen LogP contribution in [0.25, 0.3) is 11.0 Å². The second-order valence-electron chi connectivity index (χ2n) is 6.69. The first kappa shape index (κ1) is 19.3. The van der Waals surface area contributed by atoms with Gasteiger partial charge in [0, 0.05) is 32.3 Å². The van der Waals surface area contributed by atoms with Crippen LogP contribution < -0.4 is 5.69 Å². The van der Waals surface area contributed by atoms with Crippen LogP contribution in [-0.2, 0) is 24.4 Å². The molecule has 0 saturated carbocycles. The van der Waals surface area contributed by atoms with E-state index < -0.39 is 4.92 Å². The lowest BCUT2D eigenvalue weighted by Crippen LogP contribution is -2.34. The molecule has 1 aromatic heterocycles. The second-order valence-corrected chi connectivity index (χ2v) is 6.69. The lowest BCUT2D eigenvalue weighted by atomic mass is 10.2. The number of carbonyl (C=O) groups excluding carboxylic acids is 1. The molecule has 0 saturated heterocycles. The van der Waals surface area contributed by atoms with Crippen LogP contribution in [0.4, 0.5) is 5.69 Å². The molecule has 0 radical (unpaired) electrons. The Balaban J connectivity index is 1.83. The average molecular weight is 382 g/mol. The van der Waals surface area contributed by atoms with Crippen molar-refractivity contribution in [3.63, 3.8) is 0 Å². The van der Waals surface area contributed by atoms with E-state index in [1.165, 1.54) is 21.6 Å². The molecule has 0 atom stereocenters. The summed E-state index contributed by atoms with van der Waals surface area (Å²) in [5.41, 5.74) is 1.96. The molecule has 28 heavy (non-hydrogen) atoms. The molecule has 0 aliphatic heterocycles. The summed E-state index contributed by atoms with van der Waals surface area (Å²) in [4.78, 5) is 37.4. The first-order valence-electron chi connectivity index (χ1n) is 9.07. The number of carbonyl (C=O) groups is 1.